The number of hydrogen-bond acceptors (Lipinski definition) is 2. The van der Waals surface area contributed by atoms with E-state index in [1.807, 2.05) is 23.4 Å². The average Bonchev–Trinajstić information content (AvgIpc) is 2.97. The van der Waals surface area contributed by atoms with Crippen LogP contribution in [0.15, 0.2) is 18.5 Å². The van der Waals surface area contributed by atoms with E-state index in [0.29, 0.717) is 6.54 Å². The lowest BCUT2D eigenvalue weighted by atomic mass is 9.77. The Morgan fingerprint density at radius 1 is 1.41 bits per heavy atom. The summed E-state index contributed by atoms with van der Waals surface area (Å²) in [6.07, 6.45) is 7.94. The highest BCUT2D eigenvalue weighted by molar-refractivity contribution is 5.94. The number of aliphatic hydroxyl groups excluding tert-OH is 1. The quantitative estimate of drug-likeness (QED) is 0.928. The van der Waals surface area contributed by atoms with Crippen LogP contribution in [-0.2, 0) is 5.54 Å². The number of likely N-dealkylation sites (tertiary alicyclic amines) is 1. The fourth-order valence-corrected chi connectivity index (χ4v) is 3.45. The molecule has 2 heterocycles. The molecule has 1 N–H and O–H groups in total. The van der Waals surface area contributed by atoms with Gasteiger partial charge in [0.05, 0.1) is 12.2 Å². The van der Waals surface area contributed by atoms with Crippen LogP contribution in [0.5, 0.6) is 0 Å². The Morgan fingerprint density at radius 3 is 2.68 bits per heavy atom. The SMILES string of the molecule is CCC[C@@]1(CO)CCCN(C(=O)c2ccn(C(C)(C)C)c2)C1. The Bertz CT molecular complexity index is 511. The lowest BCUT2D eigenvalue weighted by Gasteiger charge is -2.41. The zero-order valence-electron chi connectivity index (χ0n) is 14.4. The van der Waals surface area contributed by atoms with Crippen LogP contribution in [0, 0.1) is 5.41 Å². The molecule has 1 atom stereocenters. The van der Waals surface area contributed by atoms with Gasteiger partial charge >= 0.3 is 0 Å². The third-order valence-corrected chi connectivity index (χ3v) is 4.78. The van der Waals surface area contributed by atoms with Gasteiger partial charge in [-0.25, -0.2) is 0 Å². The number of hydrogen-bond donors (Lipinski definition) is 1. The van der Waals surface area contributed by atoms with Gasteiger partial charge in [0.15, 0.2) is 0 Å². The second-order valence-corrected chi connectivity index (χ2v) is 7.72. The molecule has 1 fully saturated rings. The molecule has 1 amide bonds. The van der Waals surface area contributed by atoms with E-state index in [9.17, 15) is 9.90 Å². The van der Waals surface area contributed by atoms with Crippen molar-refractivity contribution < 1.29 is 9.90 Å². The number of aromatic nitrogens is 1. The van der Waals surface area contributed by atoms with E-state index in [-0.39, 0.29) is 23.5 Å². The molecule has 4 heteroatoms. The van der Waals surface area contributed by atoms with Crippen molar-refractivity contribution in [2.24, 2.45) is 5.41 Å². The number of rotatable bonds is 4. The third kappa shape index (κ3) is 3.54. The van der Waals surface area contributed by atoms with Gasteiger partial charge in [0.25, 0.3) is 5.91 Å². The molecule has 2 rings (SSSR count). The van der Waals surface area contributed by atoms with E-state index in [2.05, 4.69) is 32.3 Å². The van der Waals surface area contributed by atoms with Crippen LogP contribution >= 0.6 is 0 Å². The summed E-state index contributed by atoms with van der Waals surface area (Å²) < 4.78 is 2.08. The molecule has 22 heavy (non-hydrogen) atoms. The summed E-state index contributed by atoms with van der Waals surface area (Å²) >= 11 is 0. The van der Waals surface area contributed by atoms with Crippen molar-refractivity contribution >= 4 is 5.91 Å². The summed E-state index contributed by atoms with van der Waals surface area (Å²) in [6.45, 7) is 10.2. The maximum atomic E-state index is 12.8. The Hall–Kier alpha value is -1.29. The number of piperidine rings is 1. The number of carbonyl (C=O) groups excluding carboxylic acids is 1. The summed E-state index contributed by atoms with van der Waals surface area (Å²) in [7, 11) is 0. The maximum Gasteiger partial charge on any atom is 0.255 e. The molecule has 0 radical (unpaired) electrons. The van der Waals surface area contributed by atoms with Gasteiger partial charge in [0.1, 0.15) is 0 Å². The second kappa shape index (κ2) is 6.45. The summed E-state index contributed by atoms with van der Waals surface area (Å²) in [5, 5.41) is 9.81. The minimum atomic E-state index is -0.102. The third-order valence-electron chi connectivity index (χ3n) is 4.78. The van der Waals surface area contributed by atoms with E-state index in [4.69, 9.17) is 0 Å². The molecule has 1 aliphatic heterocycles. The zero-order valence-corrected chi connectivity index (χ0v) is 14.4. The fourth-order valence-electron chi connectivity index (χ4n) is 3.45. The normalized spacial score (nSPS) is 22.9. The largest absolute Gasteiger partial charge is 0.396 e. The molecule has 0 unspecified atom stereocenters. The standard InChI is InChI=1S/C18H30N2O2/c1-5-8-18(14-21)9-6-10-19(13-18)16(22)15-7-11-20(12-15)17(2,3)4/h7,11-12,21H,5-6,8-10,13-14H2,1-4H3/t18-/m1/s1. The van der Waals surface area contributed by atoms with Crippen LogP contribution in [0.4, 0.5) is 0 Å². The molecule has 1 aliphatic rings. The smallest absolute Gasteiger partial charge is 0.255 e. The summed E-state index contributed by atoms with van der Waals surface area (Å²) in [5.41, 5.74) is 0.632. The highest BCUT2D eigenvalue weighted by atomic mass is 16.3. The van der Waals surface area contributed by atoms with Gasteiger partial charge in [0, 0.05) is 36.4 Å². The van der Waals surface area contributed by atoms with E-state index in [0.717, 1.165) is 37.8 Å². The van der Waals surface area contributed by atoms with Crippen molar-refractivity contribution in [1.29, 1.82) is 0 Å². The molecule has 0 saturated carbocycles. The lowest BCUT2D eigenvalue weighted by molar-refractivity contribution is 0.0222. The number of amides is 1. The monoisotopic (exact) mass is 306 g/mol. The molecule has 0 spiro atoms. The predicted octanol–water partition coefficient (Wildman–Crippen LogP) is 3.26. The van der Waals surface area contributed by atoms with Crippen LogP contribution in [0.25, 0.3) is 0 Å². The molecule has 124 valence electrons. The van der Waals surface area contributed by atoms with Crippen LogP contribution in [0.1, 0.15) is 63.7 Å². The molecule has 0 aromatic carbocycles. The van der Waals surface area contributed by atoms with Crippen molar-refractivity contribution in [3.8, 4) is 0 Å². The molecule has 0 bridgehead atoms. The molecular weight excluding hydrogens is 276 g/mol. The highest BCUT2D eigenvalue weighted by Gasteiger charge is 2.36. The first-order chi connectivity index (χ1) is 10.3. The maximum absolute atomic E-state index is 12.8. The lowest BCUT2D eigenvalue weighted by Crippen LogP contribution is -2.47. The first-order valence-electron chi connectivity index (χ1n) is 8.40. The van der Waals surface area contributed by atoms with E-state index < -0.39 is 0 Å². The van der Waals surface area contributed by atoms with Gasteiger partial charge in [-0.2, -0.15) is 0 Å². The first kappa shape index (κ1) is 17.1. The number of carbonyl (C=O) groups is 1. The highest BCUT2D eigenvalue weighted by Crippen LogP contribution is 2.34. The average molecular weight is 306 g/mol. The fraction of sp³-hybridized carbons (Fsp3) is 0.722. The summed E-state index contributed by atoms with van der Waals surface area (Å²) in [6, 6.07) is 1.91. The predicted molar refractivity (Wildman–Crippen MR) is 89.0 cm³/mol. The summed E-state index contributed by atoms with van der Waals surface area (Å²) in [5.74, 6) is 0.0941. The van der Waals surface area contributed by atoms with Gasteiger partial charge in [-0.15, -0.1) is 0 Å². The van der Waals surface area contributed by atoms with Crippen molar-refractivity contribution in [1.82, 2.24) is 9.47 Å². The molecule has 0 aliphatic carbocycles. The van der Waals surface area contributed by atoms with Crippen molar-refractivity contribution in [2.75, 3.05) is 19.7 Å². The van der Waals surface area contributed by atoms with E-state index in [1.54, 1.807) is 0 Å². The van der Waals surface area contributed by atoms with Gasteiger partial charge in [0.2, 0.25) is 0 Å². The Kier molecular flexibility index (Phi) is 5.00. The summed E-state index contributed by atoms with van der Waals surface area (Å²) in [4.78, 5) is 14.7. The van der Waals surface area contributed by atoms with Crippen molar-refractivity contribution in [3.63, 3.8) is 0 Å². The molecule has 1 aromatic rings. The number of aliphatic hydroxyl groups is 1. The second-order valence-electron chi connectivity index (χ2n) is 7.72. The Labute approximate surface area is 134 Å². The Morgan fingerprint density at radius 2 is 2.14 bits per heavy atom. The molecular formula is C18H30N2O2. The molecule has 1 aromatic heterocycles. The Balaban J connectivity index is 2.13. The van der Waals surface area contributed by atoms with E-state index >= 15 is 0 Å². The van der Waals surface area contributed by atoms with Gasteiger partial charge in [-0.1, -0.05) is 13.3 Å². The van der Waals surface area contributed by atoms with Crippen LogP contribution < -0.4 is 0 Å². The van der Waals surface area contributed by atoms with Gasteiger partial charge in [-0.3, -0.25) is 4.79 Å². The first-order valence-corrected chi connectivity index (χ1v) is 8.40. The van der Waals surface area contributed by atoms with Crippen LogP contribution in [-0.4, -0.2) is 40.2 Å². The van der Waals surface area contributed by atoms with Crippen LogP contribution in [0.3, 0.4) is 0 Å². The van der Waals surface area contributed by atoms with E-state index in [1.165, 1.54) is 0 Å². The minimum Gasteiger partial charge on any atom is -0.396 e. The van der Waals surface area contributed by atoms with Crippen LogP contribution in [0.2, 0.25) is 0 Å². The van der Waals surface area contributed by atoms with Crippen molar-refractivity contribution in [2.45, 2.75) is 58.9 Å². The topological polar surface area (TPSA) is 45.5 Å². The molecule has 4 nitrogen and oxygen atoms in total. The minimum absolute atomic E-state index is 0.0164. The molecule has 1 saturated heterocycles. The zero-order chi connectivity index (χ0) is 16.4. The van der Waals surface area contributed by atoms with Gasteiger partial charge in [-0.05, 0) is 46.1 Å². The van der Waals surface area contributed by atoms with Gasteiger partial charge < -0.3 is 14.6 Å². The van der Waals surface area contributed by atoms with Crippen molar-refractivity contribution in [3.05, 3.63) is 24.0 Å². The number of nitrogens with zero attached hydrogens (tertiary/aromatic N) is 2.